The molecule has 3 heteroatoms. The molecule has 124 valence electrons. The van der Waals surface area contributed by atoms with Crippen molar-refractivity contribution in [2.24, 2.45) is 0 Å². The maximum atomic E-state index is 9.96. The average Bonchev–Trinajstić information content (AvgIpc) is 2.58. The van der Waals surface area contributed by atoms with Gasteiger partial charge in [-0.2, -0.15) is 0 Å². The van der Waals surface area contributed by atoms with Crippen molar-refractivity contribution in [2.75, 3.05) is 19.8 Å². The molecule has 0 radical (unpaired) electrons. The summed E-state index contributed by atoms with van der Waals surface area (Å²) in [5, 5.41) is 13.2. The van der Waals surface area contributed by atoms with Gasteiger partial charge in [0, 0.05) is 18.5 Å². The van der Waals surface area contributed by atoms with Crippen LogP contribution in [0.15, 0.2) is 60.7 Å². The largest absolute Gasteiger partial charge is 0.389 e. The molecule has 2 rings (SSSR count). The molecule has 0 saturated heterocycles. The highest BCUT2D eigenvalue weighted by molar-refractivity contribution is 5.32. The van der Waals surface area contributed by atoms with Gasteiger partial charge in [0.2, 0.25) is 0 Å². The summed E-state index contributed by atoms with van der Waals surface area (Å²) in [7, 11) is 0. The number of aliphatic hydroxyl groups excluding tert-OH is 1. The summed E-state index contributed by atoms with van der Waals surface area (Å²) in [6.07, 6.45) is -0.482. The topological polar surface area (TPSA) is 41.5 Å². The summed E-state index contributed by atoms with van der Waals surface area (Å²) < 4.78 is 5.81. The molecule has 0 aliphatic carbocycles. The molecule has 23 heavy (non-hydrogen) atoms. The summed E-state index contributed by atoms with van der Waals surface area (Å²) in [5.41, 5.74) is 2.46. The van der Waals surface area contributed by atoms with Crippen LogP contribution >= 0.6 is 0 Å². The molecule has 2 aromatic rings. The average molecular weight is 313 g/mol. The molecule has 2 N–H and O–H groups in total. The van der Waals surface area contributed by atoms with Crippen LogP contribution in [0.4, 0.5) is 0 Å². The van der Waals surface area contributed by atoms with Gasteiger partial charge < -0.3 is 15.2 Å². The summed E-state index contributed by atoms with van der Waals surface area (Å²) in [6, 6.07) is 21.1. The van der Waals surface area contributed by atoms with Crippen LogP contribution in [0.3, 0.4) is 0 Å². The third-order valence-corrected chi connectivity index (χ3v) is 3.76. The van der Waals surface area contributed by atoms with Crippen LogP contribution in [0.2, 0.25) is 0 Å². The Kier molecular flexibility index (Phi) is 7.27. The van der Waals surface area contributed by atoms with Crippen molar-refractivity contribution < 1.29 is 9.84 Å². The van der Waals surface area contributed by atoms with E-state index in [1.165, 1.54) is 11.1 Å². The molecule has 2 aromatic carbocycles. The van der Waals surface area contributed by atoms with E-state index in [0.717, 1.165) is 0 Å². The molecule has 0 amide bonds. The van der Waals surface area contributed by atoms with Crippen molar-refractivity contribution in [3.8, 4) is 0 Å². The molecule has 0 aliphatic rings. The molecule has 0 unspecified atom stereocenters. The van der Waals surface area contributed by atoms with Crippen molar-refractivity contribution in [3.63, 3.8) is 0 Å². The number of benzene rings is 2. The van der Waals surface area contributed by atoms with Gasteiger partial charge in [0.25, 0.3) is 0 Å². The number of hydrogen-bond donors (Lipinski definition) is 2. The third-order valence-electron chi connectivity index (χ3n) is 3.76. The first-order valence-electron chi connectivity index (χ1n) is 8.26. The molecule has 0 bridgehead atoms. The molecule has 0 spiro atoms. The van der Waals surface area contributed by atoms with Gasteiger partial charge in [-0.05, 0) is 11.1 Å². The van der Waals surface area contributed by atoms with E-state index in [1.807, 2.05) is 36.4 Å². The summed E-state index contributed by atoms with van der Waals surface area (Å²) in [6.45, 7) is 5.59. The zero-order chi connectivity index (χ0) is 16.5. The van der Waals surface area contributed by atoms with Crippen molar-refractivity contribution in [2.45, 2.75) is 31.9 Å². The zero-order valence-electron chi connectivity index (χ0n) is 14.0. The van der Waals surface area contributed by atoms with E-state index >= 15 is 0 Å². The molecule has 0 fully saturated rings. The van der Waals surface area contributed by atoms with Crippen LogP contribution in [-0.4, -0.2) is 37.0 Å². The summed E-state index contributed by atoms with van der Waals surface area (Å²) in [4.78, 5) is 0. The lowest BCUT2D eigenvalue weighted by Gasteiger charge is -2.20. The number of aliphatic hydroxyl groups is 1. The van der Waals surface area contributed by atoms with Crippen LogP contribution in [0.5, 0.6) is 0 Å². The minimum absolute atomic E-state index is 0.183. The fraction of sp³-hybridized carbons (Fsp3) is 0.400. The van der Waals surface area contributed by atoms with E-state index in [1.54, 1.807) is 0 Å². The third kappa shape index (κ3) is 6.14. The van der Waals surface area contributed by atoms with Gasteiger partial charge in [0.05, 0.1) is 19.3 Å². The Morgan fingerprint density at radius 1 is 0.870 bits per heavy atom. The minimum Gasteiger partial charge on any atom is -0.389 e. The van der Waals surface area contributed by atoms with Gasteiger partial charge in [-0.25, -0.2) is 0 Å². The number of hydrogen-bond acceptors (Lipinski definition) is 3. The van der Waals surface area contributed by atoms with Gasteiger partial charge in [-0.1, -0.05) is 74.5 Å². The standard InChI is InChI=1S/C20H27NO2/c1-16(2)21-13-19(22)14-23-15-20(17-9-5-3-6-10-17)18-11-7-4-8-12-18/h3-12,16,19-22H,13-15H2,1-2H3/t19-/m1/s1. The molecule has 0 saturated carbocycles. The van der Waals surface area contributed by atoms with E-state index in [0.29, 0.717) is 25.8 Å². The Labute approximate surface area is 139 Å². The lowest BCUT2D eigenvalue weighted by molar-refractivity contribution is 0.0332. The molecule has 0 aromatic heterocycles. The van der Waals surface area contributed by atoms with Gasteiger partial charge in [0.1, 0.15) is 0 Å². The van der Waals surface area contributed by atoms with Gasteiger partial charge in [-0.3, -0.25) is 0 Å². The predicted octanol–water partition coefficient (Wildman–Crippen LogP) is 3.19. The molecule has 0 heterocycles. The normalized spacial score (nSPS) is 12.7. The Balaban J connectivity index is 1.94. The van der Waals surface area contributed by atoms with Gasteiger partial charge in [0.15, 0.2) is 0 Å². The monoisotopic (exact) mass is 313 g/mol. The maximum absolute atomic E-state index is 9.96. The van der Waals surface area contributed by atoms with Crippen LogP contribution in [0.1, 0.15) is 30.9 Å². The van der Waals surface area contributed by atoms with E-state index in [-0.39, 0.29) is 5.92 Å². The van der Waals surface area contributed by atoms with E-state index in [4.69, 9.17) is 4.74 Å². The van der Waals surface area contributed by atoms with Crippen LogP contribution < -0.4 is 5.32 Å². The lowest BCUT2D eigenvalue weighted by atomic mass is 9.92. The van der Waals surface area contributed by atoms with Crippen LogP contribution in [0.25, 0.3) is 0 Å². The predicted molar refractivity (Wildman–Crippen MR) is 94.7 cm³/mol. The molecular weight excluding hydrogens is 286 g/mol. The van der Waals surface area contributed by atoms with Crippen LogP contribution in [0, 0.1) is 0 Å². The number of ether oxygens (including phenoxy) is 1. The second-order valence-electron chi connectivity index (χ2n) is 6.13. The summed E-state index contributed by atoms with van der Waals surface area (Å²) in [5.74, 6) is 0.183. The second-order valence-corrected chi connectivity index (χ2v) is 6.13. The lowest BCUT2D eigenvalue weighted by Crippen LogP contribution is -2.34. The second kappa shape index (κ2) is 9.46. The van der Waals surface area contributed by atoms with Crippen LogP contribution in [-0.2, 0) is 4.74 Å². The Bertz CT molecular complexity index is 503. The zero-order valence-corrected chi connectivity index (χ0v) is 14.0. The van der Waals surface area contributed by atoms with E-state index in [2.05, 4.69) is 43.4 Å². The number of nitrogens with one attached hydrogen (secondary N) is 1. The molecule has 3 nitrogen and oxygen atoms in total. The molecular formula is C20H27NO2. The fourth-order valence-corrected chi connectivity index (χ4v) is 2.51. The summed E-state index contributed by atoms with van der Waals surface area (Å²) >= 11 is 0. The maximum Gasteiger partial charge on any atom is 0.0897 e. The Morgan fingerprint density at radius 2 is 1.39 bits per heavy atom. The Morgan fingerprint density at radius 3 is 1.87 bits per heavy atom. The van der Waals surface area contributed by atoms with Crippen molar-refractivity contribution >= 4 is 0 Å². The minimum atomic E-state index is -0.482. The SMILES string of the molecule is CC(C)NC[C@@H](O)COCC(c1ccccc1)c1ccccc1. The highest BCUT2D eigenvalue weighted by Gasteiger charge is 2.15. The van der Waals surface area contributed by atoms with Gasteiger partial charge in [-0.15, -0.1) is 0 Å². The smallest absolute Gasteiger partial charge is 0.0897 e. The number of rotatable bonds is 9. The van der Waals surface area contributed by atoms with Crippen molar-refractivity contribution in [1.29, 1.82) is 0 Å². The fourth-order valence-electron chi connectivity index (χ4n) is 2.51. The van der Waals surface area contributed by atoms with Crippen molar-refractivity contribution in [1.82, 2.24) is 5.32 Å². The highest BCUT2D eigenvalue weighted by atomic mass is 16.5. The van der Waals surface area contributed by atoms with E-state index < -0.39 is 6.10 Å². The first kappa shape index (κ1) is 17.7. The van der Waals surface area contributed by atoms with E-state index in [9.17, 15) is 5.11 Å². The van der Waals surface area contributed by atoms with Crippen molar-refractivity contribution in [3.05, 3.63) is 71.8 Å². The highest BCUT2D eigenvalue weighted by Crippen LogP contribution is 2.24. The quantitative estimate of drug-likeness (QED) is 0.747. The molecule has 1 atom stereocenters. The Hall–Kier alpha value is -1.68. The molecule has 0 aliphatic heterocycles. The first-order chi connectivity index (χ1) is 11.2. The van der Waals surface area contributed by atoms with Gasteiger partial charge >= 0.3 is 0 Å². The first-order valence-corrected chi connectivity index (χ1v) is 8.26.